The van der Waals surface area contributed by atoms with E-state index in [2.05, 4.69) is 6.92 Å². The molecule has 1 aromatic carbocycles. The first kappa shape index (κ1) is 13.9. The Balaban J connectivity index is 2.37. The fourth-order valence-electron chi connectivity index (χ4n) is 1.34. The van der Waals surface area contributed by atoms with Gasteiger partial charge in [-0.25, -0.2) is 0 Å². The van der Waals surface area contributed by atoms with Gasteiger partial charge in [0.15, 0.2) is 0 Å². The number of carbonyl (C=O) groups is 1. The summed E-state index contributed by atoms with van der Waals surface area (Å²) < 4.78 is 5.08. The molecular formula is C13H19NO2S. The molecule has 0 heterocycles. The normalized spacial score (nSPS) is 10.2. The van der Waals surface area contributed by atoms with Crippen LogP contribution in [0, 0.1) is 6.92 Å². The number of benzene rings is 1. The van der Waals surface area contributed by atoms with Crippen molar-refractivity contribution >= 4 is 23.4 Å². The zero-order valence-corrected chi connectivity index (χ0v) is 11.2. The highest BCUT2D eigenvalue weighted by molar-refractivity contribution is 8.00. The highest BCUT2D eigenvalue weighted by Gasteiger charge is 2.05. The van der Waals surface area contributed by atoms with E-state index in [1.165, 1.54) is 11.8 Å². The van der Waals surface area contributed by atoms with Gasteiger partial charge in [-0.05, 0) is 37.1 Å². The minimum absolute atomic E-state index is 0.153. The van der Waals surface area contributed by atoms with Gasteiger partial charge in [-0.15, -0.1) is 11.8 Å². The van der Waals surface area contributed by atoms with Crippen LogP contribution >= 0.6 is 11.8 Å². The molecule has 0 spiro atoms. The maximum absolute atomic E-state index is 11.4. The maximum atomic E-state index is 11.4. The Hall–Kier alpha value is -1.16. The monoisotopic (exact) mass is 253 g/mol. The topological polar surface area (TPSA) is 52.3 Å². The van der Waals surface area contributed by atoms with Gasteiger partial charge in [0.05, 0.1) is 12.4 Å². The van der Waals surface area contributed by atoms with Crippen LogP contribution in [0.15, 0.2) is 23.1 Å². The van der Waals surface area contributed by atoms with Crippen molar-refractivity contribution in [3.8, 4) is 0 Å². The van der Waals surface area contributed by atoms with Crippen LogP contribution in [-0.4, -0.2) is 18.3 Å². The molecule has 94 valence electrons. The lowest BCUT2D eigenvalue weighted by Gasteiger charge is -2.06. The van der Waals surface area contributed by atoms with Gasteiger partial charge in [-0.1, -0.05) is 13.3 Å². The second-order valence-electron chi connectivity index (χ2n) is 3.89. The standard InChI is InChI=1S/C13H19NO2S/c1-3-4-7-16-13(15)9-17-12-6-5-11(14)8-10(12)2/h5-6,8H,3-4,7,9,14H2,1-2H3. The van der Waals surface area contributed by atoms with Gasteiger partial charge in [0.1, 0.15) is 0 Å². The molecule has 0 aliphatic heterocycles. The third-order valence-electron chi connectivity index (χ3n) is 2.31. The molecular weight excluding hydrogens is 234 g/mol. The second-order valence-corrected chi connectivity index (χ2v) is 4.90. The third-order valence-corrected chi connectivity index (χ3v) is 3.45. The molecule has 1 aromatic rings. The third kappa shape index (κ3) is 5.13. The summed E-state index contributed by atoms with van der Waals surface area (Å²) in [6.45, 7) is 4.58. The molecule has 0 unspecified atom stereocenters. The van der Waals surface area contributed by atoms with Gasteiger partial charge >= 0.3 is 5.97 Å². The van der Waals surface area contributed by atoms with Gasteiger partial charge < -0.3 is 10.5 Å². The van der Waals surface area contributed by atoms with E-state index in [0.717, 1.165) is 29.0 Å². The molecule has 0 saturated heterocycles. The summed E-state index contributed by atoms with van der Waals surface area (Å²) in [5.41, 5.74) is 7.51. The number of aryl methyl sites for hydroxylation is 1. The van der Waals surface area contributed by atoms with Gasteiger partial charge in [0.2, 0.25) is 0 Å². The molecule has 3 nitrogen and oxygen atoms in total. The SMILES string of the molecule is CCCCOC(=O)CSc1ccc(N)cc1C. The Kier molecular flexibility index (Phi) is 5.91. The second kappa shape index (κ2) is 7.22. The molecule has 4 heteroatoms. The molecule has 0 aliphatic carbocycles. The fraction of sp³-hybridized carbons (Fsp3) is 0.462. The van der Waals surface area contributed by atoms with Crippen LogP contribution in [-0.2, 0) is 9.53 Å². The van der Waals surface area contributed by atoms with Crippen LogP contribution in [0.3, 0.4) is 0 Å². The van der Waals surface area contributed by atoms with Gasteiger partial charge in [-0.2, -0.15) is 0 Å². The van der Waals surface area contributed by atoms with Crippen molar-refractivity contribution in [2.45, 2.75) is 31.6 Å². The highest BCUT2D eigenvalue weighted by atomic mass is 32.2. The van der Waals surface area contributed by atoms with Crippen LogP contribution in [0.5, 0.6) is 0 Å². The number of nitrogen functional groups attached to an aromatic ring is 1. The van der Waals surface area contributed by atoms with Crippen molar-refractivity contribution < 1.29 is 9.53 Å². The zero-order chi connectivity index (χ0) is 12.7. The van der Waals surface area contributed by atoms with Crippen molar-refractivity contribution in [3.63, 3.8) is 0 Å². The number of carbonyl (C=O) groups excluding carboxylic acids is 1. The van der Waals surface area contributed by atoms with E-state index >= 15 is 0 Å². The maximum Gasteiger partial charge on any atom is 0.316 e. The van der Waals surface area contributed by atoms with Gasteiger partial charge in [0.25, 0.3) is 0 Å². The molecule has 0 saturated carbocycles. The molecule has 0 atom stereocenters. The summed E-state index contributed by atoms with van der Waals surface area (Å²) in [5.74, 6) is 0.203. The number of nitrogens with two attached hydrogens (primary N) is 1. The summed E-state index contributed by atoms with van der Waals surface area (Å²) in [5, 5.41) is 0. The molecule has 0 fully saturated rings. The molecule has 17 heavy (non-hydrogen) atoms. The van der Waals surface area contributed by atoms with Crippen molar-refractivity contribution in [2.75, 3.05) is 18.1 Å². The van der Waals surface area contributed by atoms with Crippen LogP contribution < -0.4 is 5.73 Å². The molecule has 0 aromatic heterocycles. The Bertz CT molecular complexity index is 380. The number of rotatable bonds is 6. The predicted molar refractivity (Wildman–Crippen MR) is 72.2 cm³/mol. The van der Waals surface area contributed by atoms with Crippen molar-refractivity contribution in [1.82, 2.24) is 0 Å². The van der Waals surface area contributed by atoms with Crippen LogP contribution in [0.2, 0.25) is 0 Å². The van der Waals surface area contributed by atoms with Crippen LogP contribution in [0.4, 0.5) is 5.69 Å². The number of esters is 1. The first-order chi connectivity index (χ1) is 8.13. The molecule has 0 aliphatic rings. The van der Waals surface area contributed by atoms with Gasteiger partial charge in [-0.3, -0.25) is 4.79 Å². The van der Waals surface area contributed by atoms with E-state index in [4.69, 9.17) is 10.5 Å². The van der Waals surface area contributed by atoms with E-state index in [1.807, 2.05) is 25.1 Å². The van der Waals surface area contributed by atoms with E-state index in [-0.39, 0.29) is 5.97 Å². The van der Waals surface area contributed by atoms with Crippen LogP contribution in [0.1, 0.15) is 25.3 Å². The molecule has 0 bridgehead atoms. The number of thioether (sulfide) groups is 1. The molecule has 0 radical (unpaired) electrons. The smallest absolute Gasteiger partial charge is 0.316 e. The predicted octanol–water partition coefficient (Wildman–Crippen LogP) is 3.01. The Morgan fingerprint density at radius 2 is 2.24 bits per heavy atom. The Labute approximate surface area is 107 Å². The summed E-state index contributed by atoms with van der Waals surface area (Å²) in [7, 11) is 0. The van der Waals surface area contributed by atoms with E-state index in [9.17, 15) is 4.79 Å². The summed E-state index contributed by atoms with van der Waals surface area (Å²) in [6.07, 6.45) is 1.97. The number of anilines is 1. The lowest BCUT2D eigenvalue weighted by Crippen LogP contribution is -2.08. The first-order valence-corrected chi connectivity index (χ1v) is 6.76. The average Bonchev–Trinajstić information content (AvgIpc) is 2.28. The number of hydrogen-bond donors (Lipinski definition) is 1. The largest absolute Gasteiger partial charge is 0.465 e. The number of unbranched alkanes of at least 4 members (excludes halogenated alkanes) is 1. The Morgan fingerprint density at radius 3 is 2.88 bits per heavy atom. The fourth-order valence-corrected chi connectivity index (χ4v) is 2.15. The molecule has 0 amide bonds. The minimum Gasteiger partial charge on any atom is -0.465 e. The van der Waals surface area contributed by atoms with E-state index in [1.54, 1.807) is 0 Å². The van der Waals surface area contributed by atoms with Crippen molar-refractivity contribution in [1.29, 1.82) is 0 Å². The highest BCUT2D eigenvalue weighted by Crippen LogP contribution is 2.24. The quantitative estimate of drug-likeness (QED) is 0.366. The summed E-state index contributed by atoms with van der Waals surface area (Å²) >= 11 is 1.49. The van der Waals surface area contributed by atoms with Crippen molar-refractivity contribution in [2.24, 2.45) is 0 Å². The number of hydrogen-bond acceptors (Lipinski definition) is 4. The van der Waals surface area contributed by atoms with Crippen LogP contribution in [0.25, 0.3) is 0 Å². The molecule has 2 N–H and O–H groups in total. The minimum atomic E-state index is -0.153. The number of ether oxygens (including phenoxy) is 1. The zero-order valence-electron chi connectivity index (χ0n) is 10.4. The van der Waals surface area contributed by atoms with E-state index < -0.39 is 0 Å². The average molecular weight is 253 g/mol. The Morgan fingerprint density at radius 1 is 1.47 bits per heavy atom. The summed E-state index contributed by atoms with van der Waals surface area (Å²) in [4.78, 5) is 12.5. The summed E-state index contributed by atoms with van der Waals surface area (Å²) in [6, 6.07) is 5.69. The van der Waals surface area contributed by atoms with Crippen molar-refractivity contribution in [3.05, 3.63) is 23.8 Å². The lowest BCUT2D eigenvalue weighted by atomic mass is 10.2. The molecule has 1 rings (SSSR count). The van der Waals surface area contributed by atoms with E-state index in [0.29, 0.717) is 12.4 Å². The first-order valence-electron chi connectivity index (χ1n) is 5.78. The van der Waals surface area contributed by atoms with Gasteiger partial charge in [0, 0.05) is 10.6 Å². The lowest BCUT2D eigenvalue weighted by molar-refractivity contribution is -0.140.